The van der Waals surface area contributed by atoms with E-state index in [4.69, 9.17) is 0 Å². The van der Waals surface area contributed by atoms with Crippen molar-refractivity contribution in [1.82, 2.24) is 10.2 Å². The van der Waals surface area contributed by atoms with Crippen molar-refractivity contribution in [3.63, 3.8) is 0 Å². The summed E-state index contributed by atoms with van der Waals surface area (Å²) in [6.07, 6.45) is 2.30. The minimum atomic E-state index is -3.42. The zero-order chi connectivity index (χ0) is 9.03. The Morgan fingerprint density at radius 1 is 1.75 bits per heavy atom. The van der Waals surface area contributed by atoms with E-state index in [1.54, 1.807) is 0 Å². The molecule has 7 heteroatoms. The summed E-state index contributed by atoms with van der Waals surface area (Å²) < 4.78 is 28.6. The van der Waals surface area contributed by atoms with Gasteiger partial charge in [0.15, 0.2) is 0 Å². The zero-order valence-corrected chi connectivity index (χ0v) is 6.91. The molecule has 66 valence electrons. The van der Waals surface area contributed by atoms with Gasteiger partial charge in [0.25, 0.3) is 0 Å². The second-order valence-corrected chi connectivity index (χ2v) is 3.68. The van der Waals surface area contributed by atoms with Crippen LogP contribution >= 0.6 is 0 Å². The van der Waals surface area contributed by atoms with Crippen LogP contribution in [0.15, 0.2) is 23.5 Å². The Morgan fingerprint density at radius 2 is 2.50 bits per heavy atom. The van der Waals surface area contributed by atoms with Crippen LogP contribution in [0.3, 0.4) is 0 Å². The number of rotatable bonds is 4. The molecule has 0 amide bonds. The molecular formula is C5H7N3O3S. The lowest BCUT2D eigenvalue weighted by Gasteiger charge is -1.98. The highest BCUT2D eigenvalue weighted by molar-refractivity contribution is 7.92. The van der Waals surface area contributed by atoms with Gasteiger partial charge in [0.05, 0.1) is 5.75 Å². The molecule has 0 atom stereocenters. The molecular weight excluding hydrogens is 182 g/mol. The molecule has 0 aromatic carbocycles. The fraction of sp³-hybridized carbons (Fsp3) is 0.200. The van der Waals surface area contributed by atoms with Crippen LogP contribution in [0.5, 0.6) is 0 Å². The molecule has 0 radical (unpaired) electrons. The third-order valence-corrected chi connectivity index (χ3v) is 2.10. The van der Waals surface area contributed by atoms with Crippen molar-refractivity contribution in [2.75, 3.05) is 10.5 Å². The van der Waals surface area contributed by atoms with Crippen LogP contribution in [-0.2, 0) is 10.0 Å². The Bertz CT molecular complexity index is 342. The van der Waals surface area contributed by atoms with Gasteiger partial charge in [0.1, 0.15) is 0 Å². The Morgan fingerprint density at radius 3 is 3.00 bits per heavy atom. The van der Waals surface area contributed by atoms with Gasteiger partial charge >= 0.3 is 6.01 Å². The molecule has 1 rings (SSSR count). The summed E-state index contributed by atoms with van der Waals surface area (Å²) in [5.41, 5.74) is 0. The van der Waals surface area contributed by atoms with Crippen LogP contribution in [0, 0.1) is 0 Å². The van der Waals surface area contributed by atoms with Crippen molar-refractivity contribution >= 4 is 16.0 Å². The van der Waals surface area contributed by atoms with Gasteiger partial charge in [-0.25, -0.2) is 13.1 Å². The molecule has 1 aromatic heterocycles. The zero-order valence-electron chi connectivity index (χ0n) is 6.10. The Labute approximate surface area is 69.3 Å². The third-order valence-electron chi connectivity index (χ3n) is 0.940. The molecule has 0 aliphatic carbocycles. The van der Waals surface area contributed by atoms with E-state index in [1.807, 2.05) is 0 Å². The predicted octanol–water partition coefficient (Wildman–Crippen LogP) is -0.00270. The Hall–Kier alpha value is -1.37. The quantitative estimate of drug-likeness (QED) is 0.673. The van der Waals surface area contributed by atoms with Gasteiger partial charge in [-0.2, -0.15) is 0 Å². The van der Waals surface area contributed by atoms with Gasteiger partial charge in [0, 0.05) is 0 Å². The minimum absolute atomic E-state index is 0.142. The van der Waals surface area contributed by atoms with E-state index in [0.717, 1.165) is 6.39 Å². The normalized spacial score (nSPS) is 11.0. The van der Waals surface area contributed by atoms with E-state index in [2.05, 4.69) is 25.9 Å². The monoisotopic (exact) mass is 189 g/mol. The van der Waals surface area contributed by atoms with E-state index in [9.17, 15) is 8.42 Å². The largest absolute Gasteiger partial charge is 0.410 e. The van der Waals surface area contributed by atoms with Crippen LogP contribution in [0.2, 0.25) is 0 Å². The highest BCUT2D eigenvalue weighted by Crippen LogP contribution is 2.02. The molecule has 6 nitrogen and oxygen atoms in total. The van der Waals surface area contributed by atoms with Crippen LogP contribution in [-0.4, -0.2) is 24.4 Å². The average Bonchev–Trinajstić information content (AvgIpc) is 2.38. The lowest BCUT2D eigenvalue weighted by atomic mass is 10.8. The van der Waals surface area contributed by atoms with Crippen LogP contribution in [0.4, 0.5) is 6.01 Å². The van der Waals surface area contributed by atoms with E-state index in [1.165, 1.54) is 6.08 Å². The SMILES string of the molecule is C=CCS(=O)(=O)Nc1nnco1. The maximum Gasteiger partial charge on any atom is 0.329 e. The molecule has 0 bridgehead atoms. The Kier molecular flexibility index (Phi) is 2.44. The van der Waals surface area contributed by atoms with E-state index < -0.39 is 10.0 Å². The molecule has 0 fully saturated rings. The first-order valence-corrected chi connectivity index (χ1v) is 4.67. The highest BCUT2D eigenvalue weighted by Gasteiger charge is 2.10. The fourth-order valence-electron chi connectivity index (χ4n) is 0.547. The number of hydrogen-bond acceptors (Lipinski definition) is 5. The average molecular weight is 189 g/mol. The van der Waals surface area contributed by atoms with Crippen molar-refractivity contribution in [2.24, 2.45) is 0 Å². The molecule has 0 aliphatic rings. The minimum Gasteiger partial charge on any atom is -0.410 e. The lowest BCUT2D eigenvalue weighted by molar-refractivity contribution is 0.566. The molecule has 12 heavy (non-hydrogen) atoms. The molecule has 0 saturated carbocycles. The number of sulfonamides is 1. The van der Waals surface area contributed by atoms with Gasteiger partial charge in [-0.3, -0.25) is 0 Å². The second kappa shape index (κ2) is 3.35. The van der Waals surface area contributed by atoms with Gasteiger partial charge in [0.2, 0.25) is 16.4 Å². The van der Waals surface area contributed by atoms with Crippen LogP contribution < -0.4 is 4.72 Å². The summed E-state index contributed by atoms with van der Waals surface area (Å²) in [6, 6.07) is -0.142. The number of hydrogen-bond donors (Lipinski definition) is 1. The number of nitrogens with zero attached hydrogens (tertiary/aromatic N) is 2. The molecule has 0 unspecified atom stereocenters. The molecule has 0 spiro atoms. The first kappa shape index (κ1) is 8.72. The molecule has 0 aliphatic heterocycles. The van der Waals surface area contributed by atoms with Gasteiger partial charge in [-0.05, 0) is 0 Å². The predicted molar refractivity (Wildman–Crippen MR) is 41.9 cm³/mol. The van der Waals surface area contributed by atoms with Crippen LogP contribution in [0.25, 0.3) is 0 Å². The summed E-state index contributed by atoms with van der Waals surface area (Å²) in [5.74, 6) is -0.185. The lowest BCUT2D eigenvalue weighted by Crippen LogP contribution is -2.15. The van der Waals surface area contributed by atoms with E-state index in [0.29, 0.717) is 0 Å². The first-order valence-electron chi connectivity index (χ1n) is 3.01. The van der Waals surface area contributed by atoms with Crippen molar-refractivity contribution < 1.29 is 12.8 Å². The number of anilines is 1. The number of nitrogens with one attached hydrogen (secondary N) is 1. The van der Waals surface area contributed by atoms with Gasteiger partial charge < -0.3 is 4.42 Å². The molecule has 1 N–H and O–H groups in total. The highest BCUT2D eigenvalue weighted by atomic mass is 32.2. The fourth-order valence-corrected chi connectivity index (χ4v) is 1.30. The summed E-state index contributed by atoms with van der Waals surface area (Å²) >= 11 is 0. The van der Waals surface area contributed by atoms with Crippen molar-refractivity contribution in [1.29, 1.82) is 0 Å². The molecule has 0 saturated heterocycles. The molecule has 1 heterocycles. The first-order chi connectivity index (χ1) is 5.64. The maximum atomic E-state index is 11.0. The van der Waals surface area contributed by atoms with Crippen molar-refractivity contribution in [3.8, 4) is 0 Å². The smallest absolute Gasteiger partial charge is 0.329 e. The van der Waals surface area contributed by atoms with E-state index in [-0.39, 0.29) is 11.8 Å². The van der Waals surface area contributed by atoms with E-state index >= 15 is 0 Å². The summed E-state index contributed by atoms with van der Waals surface area (Å²) in [6.45, 7) is 3.29. The molecule has 1 aromatic rings. The Balaban J connectivity index is 2.69. The van der Waals surface area contributed by atoms with Crippen LogP contribution in [0.1, 0.15) is 0 Å². The van der Waals surface area contributed by atoms with Crippen molar-refractivity contribution in [2.45, 2.75) is 0 Å². The van der Waals surface area contributed by atoms with Crippen molar-refractivity contribution in [3.05, 3.63) is 19.0 Å². The standard InChI is InChI=1S/C5H7N3O3S/c1-2-3-12(9,10)8-5-7-6-4-11-5/h2,4H,1,3H2,(H,7,8). The maximum absolute atomic E-state index is 11.0. The summed E-state index contributed by atoms with van der Waals surface area (Å²) in [7, 11) is -3.42. The van der Waals surface area contributed by atoms with Gasteiger partial charge in [-0.15, -0.1) is 11.7 Å². The topological polar surface area (TPSA) is 85.1 Å². The van der Waals surface area contributed by atoms with Gasteiger partial charge in [-0.1, -0.05) is 11.2 Å². The third kappa shape index (κ3) is 2.35. The second-order valence-electron chi connectivity index (χ2n) is 1.92. The number of aromatic nitrogens is 2. The summed E-state index contributed by atoms with van der Waals surface area (Å²) in [4.78, 5) is 0. The summed E-state index contributed by atoms with van der Waals surface area (Å²) in [5, 5.41) is 6.64.